The van der Waals surface area contributed by atoms with Gasteiger partial charge in [0.1, 0.15) is 5.56 Å². The van der Waals surface area contributed by atoms with Gasteiger partial charge < -0.3 is 4.74 Å². The van der Waals surface area contributed by atoms with Crippen molar-refractivity contribution in [3.8, 4) is 0 Å². The van der Waals surface area contributed by atoms with Crippen molar-refractivity contribution in [3.05, 3.63) is 53.2 Å². The Morgan fingerprint density at radius 3 is 2.62 bits per heavy atom. The molecule has 0 spiro atoms. The van der Waals surface area contributed by atoms with Gasteiger partial charge in [0.25, 0.3) is 10.0 Å². The van der Waals surface area contributed by atoms with Gasteiger partial charge in [-0.1, -0.05) is 43.3 Å². The zero-order valence-electron chi connectivity index (χ0n) is 14.7. The van der Waals surface area contributed by atoms with Crippen LogP contribution in [0.1, 0.15) is 35.0 Å². The summed E-state index contributed by atoms with van der Waals surface area (Å²) in [6.45, 7) is 2.38. The molecule has 1 N–H and O–H groups in total. The van der Waals surface area contributed by atoms with Crippen molar-refractivity contribution in [2.24, 2.45) is 0 Å². The summed E-state index contributed by atoms with van der Waals surface area (Å²) in [7, 11) is -2.67. The van der Waals surface area contributed by atoms with Crippen LogP contribution in [-0.2, 0) is 21.2 Å². The second kappa shape index (κ2) is 7.43. The lowest BCUT2D eigenvalue weighted by atomic mass is 10.0. The molecule has 1 aliphatic heterocycles. The third kappa shape index (κ3) is 3.30. The van der Waals surface area contributed by atoms with Crippen molar-refractivity contribution in [3.63, 3.8) is 0 Å². The molecule has 8 heteroatoms. The minimum absolute atomic E-state index is 0.00663. The molecule has 138 valence electrons. The molecule has 0 unspecified atom stereocenters. The van der Waals surface area contributed by atoms with E-state index in [1.807, 2.05) is 43.3 Å². The summed E-state index contributed by atoms with van der Waals surface area (Å²) in [5, 5.41) is 6.28. The fraction of sp³-hybridized carbons (Fsp3) is 0.333. The molecule has 0 radical (unpaired) electrons. The van der Waals surface area contributed by atoms with E-state index in [2.05, 4.69) is 10.2 Å². The number of nitrogens with one attached hydrogen (secondary N) is 1. The largest absolute Gasteiger partial charge is 0.465 e. The van der Waals surface area contributed by atoms with Crippen LogP contribution in [0.15, 0.2) is 41.4 Å². The van der Waals surface area contributed by atoms with Crippen molar-refractivity contribution in [1.82, 2.24) is 14.5 Å². The average molecular weight is 375 g/mol. The number of methoxy groups -OCH3 is 1. The van der Waals surface area contributed by atoms with Gasteiger partial charge in [-0.2, -0.15) is 9.40 Å². The first kappa shape index (κ1) is 18.3. The first-order valence-corrected chi connectivity index (χ1v) is 9.83. The van der Waals surface area contributed by atoms with Gasteiger partial charge in [-0.15, -0.1) is 0 Å². The topological polar surface area (TPSA) is 92.4 Å². The molecule has 0 atom stereocenters. The first-order valence-electron chi connectivity index (χ1n) is 8.39. The number of carbonyl (C=O) groups excluding carboxylic acids is 1. The zero-order valence-corrected chi connectivity index (χ0v) is 15.5. The average Bonchev–Trinajstić information content (AvgIpc) is 3.13. The fourth-order valence-electron chi connectivity index (χ4n) is 3.02. The van der Waals surface area contributed by atoms with Crippen molar-refractivity contribution >= 4 is 21.6 Å². The number of benzene rings is 1. The molecule has 26 heavy (non-hydrogen) atoms. The van der Waals surface area contributed by atoms with Crippen LogP contribution in [0.3, 0.4) is 0 Å². The summed E-state index contributed by atoms with van der Waals surface area (Å²) in [5.74, 6) is -0.702. The maximum atomic E-state index is 13.0. The Kier molecular flexibility index (Phi) is 5.24. The molecule has 0 saturated heterocycles. The van der Waals surface area contributed by atoms with Gasteiger partial charge in [0.15, 0.2) is 0 Å². The van der Waals surface area contributed by atoms with Crippen LogP contribution < -0.4 is 0 Å². The van der Waals surface area contributed by atoms with E-state index in [1.54, 1.807) is 0 Å². The number of aryl methyl sites for hydroxylation is 1. The lowest BCUT2D eigenvalue weighted by Crippen LogP contribution is -2.35. The van der Waals surface area contributed by atoms with E-state index in [1.165, 1.54) is 11.4 Å². The number of esters is 1. The van der Waals surface area contributed by atoms with E-state index in [9.17, 15) is 13.2 Å². The highest BCUT2D eigenvalue weighted by Crippen LogP contribution is 2.27. The number of ether oxygens (including phenoxy) is 1. The van der Waals surface area contributed by atoms with E-state index in [0.717, 1.165) is 11.1 Å². The Morgan fingerprint density at radius 1 is 1.31 bits per heavy atom. The Balaban J connectivity index is 1.90. The Hall–Kier alpha value is -2.45. The summed E-state index contributed by atoms with van der Waals surface area (Å²) in [4.78, 5) is 12.1. The molecule has 2 heterocycles. The highest BCUT2D eigenvalue weighted by molar-refractivity contribution is 7.89. The molecule has 0 bridgehead atoms. The molecular weight excluding hydrogens is 354 g/mol. The molecule has 7 nitrogen and oxygen atoms in total. The van der Waals surface area contributed by atoms with Gasteiger partial charge in [0.05, 0.1) is 12.8 Å². The Bertz CT molecular complexity index is 933. The number of nitrogens with zero attached hydrogens (tertiary/aromatic N) is 2. The summed E-state index contributed by atoms with van der Waals surface area (Å²) < 4.78 is 32.1. The summed E-state index contributed by atoms with van der Waals surface area (Å²) in [6.07, 6.45) is 2.95. The number of rotatable bonds is 5. The van der Waals surface area contributed by atoms with Gasteiger partial charge >= 0.3 is 5.97 Å². The Labute approximate surface area is 152 Å². The maximum Gasteiger partial charge on any atom is 0.342 e. The number of H-pyrrole nitrogens is 1. The summed E-state index contributed by atoms with van der Waals surface area (Å²) >= 11 is 0. The summed E-state index contributed by atoms with van der Waals surface area (Å²) in [6, 6.07) is 9.87. The number of carbonyl (C=O) groups is 1. The number of hydrogen-bond donors (Lipinski definition) is 1. The molecular formula is C18H21N3O4S. The van der Waals surface area contributed by atoms with E-state index in [0.29, 0.717) is 25.1 Å². The van der Waals surface area contributed by atoms with Crippen LogP contribution in [0, 0.1) is 0 Å². The second-order valence-electron chi connectivity index (χ2n) is 5.94. The van der Waals surface area contributed by atoms with Gasteiger partial charge in [0.2, 0.25) is 5.03 Å². The fourth-order valence-corrected chi connectivity index (χ4v) is 4.49. The lowest BCUT2D eigenvalue weighted by molar-refractivity contribution is 0.0595. The van der Waals surface area contributed by atoms with Crippen molar-refractivity contribution < 1.29 is 17.9 Å². The lowest BCUT2D eigenvalue weighted by Gasteiger charge is -2.25. The maximum absolute atomic E-state index is 13.0. The number of sulfonamides is 1. The number of aromatic amines is 1. The van der Waals surface area contributed by atoms with E-state index >= 15 is 0 Å². The molecule has 0 saturated carbocycles. The smallest absolute Gasteiger partial charge is 0.342 e. The van der Waals surface area contributed by atoms with Gasteiger partial charge in [-0.05, 0) is 24.0 Å². The normalized spacial score (nSPS) is 15.5. The number of hydrogen-bond acceptors (Lipinski definition) is 5. The summed E-state index contributed by atoms with van der Waals surface area (Å²) in [5.41, 5.74) is 2.65. The van der Waals surface area contributed by atoms with Crippen LogP contribution in [0.25, 0.3) is 5.57 Å². The van der Waals surface area contributed by atoms with Crippen molar-refractivity contribution in [1.29, 1.82) is 0 Å². The molecule has 1 aromatic heterocycles. The SMILES string of the molecule is CCc1[nH]nc(S(=O)(=O)N2CC=C(c3ccccc3)CC2)c1C(=O)OC. The van der Waals surface area contributed by atoms with Crippen LogP contribution >= 0.6 is 0 Å². The van der Waals surface area contributed by atoms with E-state index in [4.69, 9.17) is 4.74 Å². The minimum Gasteiger partial charge on any atom is -0.465 e. The monoisotopic (exact) mass is 375 g/mol. The van der Waals surface area contributed by atoms with Gasteiger partial charge in [-0.25, -0.2) is 13.2 Å². The minimum atomic E-state index is -3.90. The third-order valence-corrected chi connectivity index (χ3v) is 6.25. The Morgan fingerprint density at radius 2 is 2.04 bits per heavy atom. The van der Waals surface area contributed by atoms with Gasteiger partial charge in [-0.3, -0.25) is 5.10 Å². The number of aromatic nitrogens is 2. The van der Waals surface area contributed by atoms with Crippen LogP contribution in [0.2, 0.25) is 0 Å². The molecule has 1 aromatic carbocycles. The van der Waals surface area contributed by atoms with Crippen molar-refractivity contribution in [2.45, 2.75) is 24.8 Å². The predicted molar refractivity (Wildman–Crippen MR) is 97.1 cm³/mol. The first-order chi connectivity index (χ1) is 12.5. The van der Waals surface area contributed by atoms with Crippen LogP contribution in [-0.4, -0.2) is 49.1 Å². The molecule has 3 rings (SSSR count). The van der Waals surface area contributed by atoms with Crippen LogP contribution in [0.4, 0.5) is 0 Å². The van der Waals surface area contributed by atoms with E-state index in [-0.39, 0.29) is 17.1 Å². The molecule has 0 aliphatic carbocycles. The molecule has 1 aliphatic rings. The van der Waals surface area contributed by atoms with E-state index < -0.39 is 16.0 Å². The quantitative estimate of drug-likeness (QED) is 0.809. The molecule has 0 fully saturated rings. The third-order valence-electron chi connectivity index (χ3n) is 4.45. The van der Waals surface area contributed by atoms with Gasteiger partial charge in [0, 0.05) is 13.1 Å². The van der Waals surface area contributed by atoms with Crippen LogP contribution in [0.5, 0.6) is 0 Å². The second-order valence-corrected chi connectivity index (χ2v) is 7.79. The van der Waals surface area contributed by atoms with Crippen molar-refractivity contribution in [2.75, 3.05) is 20.2 Å². The zero-order chi connectivity index (χ0) is 18.7. The molecule has 2 aromatic rings. The standard InChI is InChI=1S/C18H21N3O4S/c1-3-15-16(18(22)25-2)17(20-19-15)26(23,24)21-11-9-14(10-12-21)13-7-5-4-6-8-13/h4-9H,3,10-12H2,1-2H3,(H,19,20). The predicted octanol–water partition coefficient (Wildman–Crippen LogP) is 2.24. The molecule has 0 amide bonds. The highest BCUT2D eigenvalue weighted by atomic mass is 32.2. The highest BCUT2D eigenvalue weighted by Gasteiger charge is 2.34.